The average molecular weight is 330 g/mol. The first-order valence-electron chi connectivity index (χ1n) is 7.16. The van der Waals surface area contributed by atoms with Crippen molar-refractivity contribution < 1.29 is 14.0 Å². The van der Waals surface area contributed by atoms with Crippen LogP contribution in [-0.4, -0.2) is 17.6 Å². The number of carbonyl (C=O) groups is 2. The van der Waals surface area contributed by atoms with Gasteiger partial charge >= 0.3 is 0 Å². The highest BCUT2D eigenvalue weighted by molar-refractivity contribution is 8.00. The maximum atomic E-state index is 13.8. The van der Waals surface area contributed by atoms with Crippen LogP contribution in [0.5, 0.6) is 0 Å². The normalized spacial score (nSPS) is 16.5. The zero-order valence-electron chi connectivity index (χ0n) is 12.2. The van der Waals surface area contributed by atoms with Crippen LogP contribution in [0.3, 0.4) is 0 Å². The lowest BCUT2D eigenvalue weighted by Gasteiger charge is -2.24. The average Bonchev–Trinajstić information content (AvgIpc) is 2.54. The molecule has 1 aliphatic heterocycles. The second kappa shape index (κ2) is 6.42. The lowest BCUT2D eigenvalue weighted by Crippen LogP contribution is -2.23. The Morgan fingerprint density at radius 2 is 2.00 bits per heavy atom. The first-order chi connectivity index (χ1) is 11.1. The van der Waals surface area contributed by atoms with Crippen molar-refractivity contribution in [2.75, 3.05) is 11.1 Å². The Bertz CT molecular complexity index is 779. The van der Waals surface area contributed by atoms with E-state index in [1.165, 1.54) is 17.7 Å². The number of amides is 2. The Balaban J connectivity index is 1.80. The van der Waals surface area contributed by atoms with Gasteiger partial charge in [-0.25, -0.2) is 4.39 Å². The second-order valence-electron chi connectivity index (χ2n) is 5.25. The standard InChI is InChI=1S/C17H15FN2O2S/c18-14-9-11(5-6-13(14)16(19)21)20-17(22)15-12-4-2-1-3-10(12)7-8-23-15/h1-6,9,15H,7-8H2,(H2,19,21)(H,20,22)/t15-/m0/s1. The number of hydrogen-bond donors (Lipinski definition) is 2. The lowest BCUT2D eigenvalue weighted by molar-refractivity contribution is -0.115. The summed E-state index contributed by atoms with van der Waals surface area (Å²) in [6.07, 6.45) is 0.937. The predicted octanol–water partition coefficient (Wildman–Crippen LogP) is 2.89. The number of carbonyl (C=O) groups excluding carboxylic acids is 2. The van der Waals surface area contributed by atoms with Crippen LogP contribution in [0.4, 0.5) is 10.1 Å². The maximum absolute atomic E-state index is 13.8. The quantitative estimate of drug-likeness (QED) is 0.909. The molecule has 0 unspecified atom stereocenters. The van der Waals surface area contributed by atoms with Gasteiger partial charge in [0.05, 0.1) is 5.56 Å². The minimum atomic E-state index is -0.836. The highest BCUT2D eigenvalue weighted by atomic mass is 32.2. The van der Waals surface area contributed by atoms with Gasteiger partial charge in [-0.3, -0.25) is 9.59 Å². The third kappa shape index (κ3) is 3.22. The van der Waals surface area contributed by atoms with Crippen molar-refractivity contribution in [3.05, 3.63) is 65.0 Å². The van der Waals surface area contributed by atoms with Crippen molar-refractivity contribution in [2.24, 2.45) is 5.73 Å². The molecule has 0 fully saturated rings. The van der Waals surface area contributed by atoms with Crippen LogP contribution >= 0.6 is 11.8 Å². The largest absolute Gasteiger partial charge is 0.366 e. The molecular formula is C17H15FN2O2S. The number of nitrogens with one attached hydrogen (secondary N) is 1. The van der Waals surface area contributed by atoms with Crippen LogP contribution in [0, 0.1) is 5.82 Å². The van der Waals surface area contributed by atoms with Crippen LogP contribution in [0.2, 0.25) is 0 Å². The summed E-state index contributed by atoms with van der Waals surface area (Å²) in [5.74, 6) is -0.915. The van der Waals surface area contributed by atoms with Gasteiger partial charge in [0, 0.05) is 5.69 Å². The van der Waals surface area contributed by atoms with Crippen LogP contribution in [-0.2, 0) is 11.2 Å². The van der Waals surface area contributed by atoms with Gasteiger partial charge in [0.1, 0.15) is 11.1 Å². The lowest BCUT2D eigenvalue weighted by atomic mass is 10.0. The topological polar surface area (TPSA) is 72.2 Å². The van der Waals surface area contributed by atoms with Gasteiger partial charge in [-0.2, -0.15) is 0 Å². The molecule has 2 aromatic carbocycles. The molecule has 0 saturated carbocycles. The number of hydrogen-bond acceptors (Lipinski definition) is 3. The molecule has 6 heteroatoms. The maximum Gasteiger partial charge on any atom is 0.251 e. The highest BCUT2D eigenvalue weighted by Crippen LogP contribution is 2.37. The molecule has 1 atom stereocenters. The van der Waals surface area contributed by atoms with E-state index in [9.17, 15) is 14.0 Å². The minimum absolute atomic E-state index is 0.194. The van der Waals surface area contributed by atoms with Gasteiger partial charge in [-0.05, 0) is 41.5 Å². The summed E-state index contributed by atoms with van der Waals surface area (Å²) in [4.78, 5) is 23.5. The van der Waals surface area contributed by atoms with E-state index in [1.807, 2.05) is 24.3 Å². The number of halogens is 1. The molecule has 1 aliphatic rings. The van der Waals surface area contributed by atoms with E-state index < -0.39 is 11.7 Å². The number of anilines is 1. The molecule has 3 N–H and O–H groups in total. The molecule has 4 nitrogen and oxygen atoms in total. The fraction of sp³-hybridized carbons (Fsp3) is 0.176. The van der Waals surface area contributed by atoms with Crippen LogP contribution in [0.25, 0.3) is 0 Å². The molecule has 0 bridgehead atoms. The van der Waals surface area contributed by atoms with E-state index in [0.29, 0.717) is 5.69 Å². The van der Waals surface area contributed by atoms with Crippen molar-refractivity contribution in [3.8, 4) is 0 Å². The zero-order chi connectivity index (χ0) is 16.4. The Morgan fingerprint density at radius 3 is 2.74 bits per heavy atom. The molecule has 3 rings (SSSR count). The van der Waals surface area contributed by atoms with E-state index in [-0.39, 0.29) is 16.7 Å². The second-order valence-corrected chi connectivity index (χ2v) is 6.46. The van der Waals surface area contributed by atoms with Crippen molar-refractivity contribution in [1.29, 1.82) is 0 Å². The number of benzene rings is 2. The Kier molecular flexibility index (Phi) is 4.34. The molecule has 2 aromatic rings. The first-order valence-corrected chi connectivity index (χ1v) is 8.21. The number of nitrogens with two attached hydrogens (primary N) is 1. The van der Waals surface area contributed by atoms with Gasteiger partial charge in [0.15, 0.2) is 0 Å². The molecule has 0 radical (unpaired) electrons. The van der Waals surface area contributed by atoms with Gasteiger partial charge < -0.3 is 11.1 Å². The SMILES string of the molecule is NC(=O)c1ccc(NC(=O)[C@H]2SCCc3ccccc32)cc1F. The molecule has 0 aromatic heterocycles. The van der Waals surface area contributed by atoms with Gasteiger partial charge in [-0.1, -0.05) is 24.3 Å². The number of primary amides is 1. The molecular weight excluding hydrogens is 315 g/mol. The molecule has 0 aliphatic carbocycles. The third-order valence-electron chi connectivity index (χ3n) is 3.73. The number of rotatable bonds is 3. The number of fused-ring (bicyclic) bond motifs is 1. The number of aryl methyl sites for hydroxylation is 1. The fourth-order valence-corrected chi connectivity index (χ4v) is 3.80. The van der Waals surface area contributed by atoms with E-state index in [1.54, 1.807) is 11.8 Å². The summed E-state index contributed by atoms with van der Waals surface area (Å²) in [6, 6.07) is 11.7. The van der Waals surface area contributed by atoms with E-state index in [2.05, 4.69) is 5.32 Å². The van der Waals surface area contributed by atoms with Gasteiger partial charge in [-0.15, -0.1) is 11.8 Å². The summed E-state index contributed by atoms with van der Waals surface area (Å²) >= 11 is 1.57. The van der Waals surface area contributed by atoms with Gasteiger partial charge in [0.25, 0.3) is 5.91 Å². The molecule has 0 spiro atoms. The summed E-state index contributed by atoms with van der Waals surface area (Å²) < 4.78 is 13.8. The summed E-state index contributed by atoms with van der Waals surface area (Å²) in [5, 5.41) is 2.39. The first kappa shape index (κ1) is 15.6. The van der Waals surface area contributed by atoms with Crippen LogP contribution in [0.15, 0.2) is 42.5 Å². The Hall–Kier alpha value is -2.34. The van der Waals surface area contributed by atoms with E-state index >= 15 is 0 Å². The molecule has 2 amide bonds. The van der Waals surface area contributed by atoms with Crippen molar-refractivity contribution in [3.63, 3.8) is 0 Å². The highest BCUT2D eigenvalue weighted by Gasteiger charge is 2.27. The van der Waals surface area contributed by atoms with Crippen molar-refractivity contribution >= 4 is 29.3 Å². The fourth-order valence-electron chi connectivity index (χ4n) is 2.61. The summed E-state index contributed by atoms with van der Waals surface area (Å²) in [7, 11) is 0. The summed E-state index contributed by atoms with van der Waals surface area (Å²) in [6.45, 7) is 0. The Labute approximate surface area is 137 Å². The monoisotopic (exact) mass is 330 g/mol. The molecule has 23 heavy (non-hydrogen) atoms. The molecule has 118 valence electrons. The molecule has 1 heterocycles. The summed E-state index contributed by atoms with van der Waals surface area (Å²) in [5.41, 5.74) is 7.34. The van der Waals surface area contributed by atoms with Gasteiger partial charge in [0.2, 0.25) is 5.91 Å². The predicted molar refractivity (Wildman–Crippen MR) is 88.9 cm³/mol. The van der Waals surface area contributed by atoms with Crippen molar-refractivity contribution in [1.82, 2.24) is 0 Å². The smallest absolute Gasteiger partial charge is 0.251 e. The van der Waals surface area contributed by atoms with E-state index in [4.69, 9.17) is 5.73 Å². The van der Waals surface area contributed by atoms with Crippen LogP contribution in [0.1, 0.15) is 26.7 Å². The third-order valence-corrected chi connectivity index (χ3v) is 4.97. The minimum Gasteiger partial charge on any atom is -0.366 e. The molecule has 0 saturated heterocycles. The van der Waals surface area contributed by atoms with Crippen molar-refractivity contribution in [2.45, 2.75) is 11.7 Å². The zero-order valence-corrected chi connectivity index (χ0v) is 13.0. The Morgan fingerprint density at radius 1 is 1.22 bits per heavy atom. The van der Waals surface area contributed by atoms with E-state index in [0.717, 1.165) is 23.8 Å². The number of thioether (sulfide) groups is 1. The van der Waals surface area contributed by atoms with Crippen LogP contribution < -0.4 is 11.1 Å².